The van der Waals surface area contributed by atoms with Gasteiger partial charge in [-0.1, -0.05) is 12.1 Å². The van der Waals surface area contributed by atoms with Crippen molar-refractivity contribution >= 4 is 29.7 Å². The molecule has 5 atom stereocenters. The summed E-state index contributed by atoms with van der Waals surface area (Å²) in [6.45, 7) is 6.19. The molecule has 14 nitrogen and oxygen atoms in total. The molecule has 0 spiro atoms. The monoisotopic (exact) mass is 676 g/mol. The number of nitrogens with zero attached hydrogens (tertiary/aromatic N) is 3. The number of hydrogen-bond donors (Lipinski definition) is 4. The van der Waals surface area contributed by atoms with Crippen molar-refractivity contribution in [1.82, 2.24) is 9.80 Å². The van der Waals surface area contributed by atoms with Crippen LogP contribution in [0, 0.1) is 11.3 Å². The molecule has 3 amide bonds. The maximum absolute atomic E-state index is 13.2. The number of aryl methyl sites for hydroxylation is 1. The maximum Gasteiger partial charge on any atom is 0.311 e. The summed E-state index contributed by atoms with van der Waals surface area (Å²) in [6, 6.07) is 5.17. The minimum absolute atomic E-state index is 0.167. The highest BCUT2D eigenvalue weighted by Crippen LogP contribution is 2.32. The zero-order chi connectivity index (χ0) is 36.0. The van der Waals surface area contributed by atoms with Crippen LogP contribution in [0.4, 0.5) is 0 Å². The van der Waals surface area contributed by atoms with Crippen molar-refractivity contribution in [1.29, 1.82) is 0 Å². The van der Waals surface area contributed by atoms with Gasteiger partial charge in [0.1, 0.15) is 37.2 Å². The Morgan fingerprint density at radius 1 is 0.958 bits per heavy atom. The van der Waals surface area contributed by atoms with E-state index in [2.05, 4.69) is 0 Å². The van der Waals surface area contributed by atoms with E-state index in [9.17, 15) is 44.4 Å². The number of quaternary nitrogens is 1. The first-order valence-corrected chi connectivity index (χ1v) is 16.1. The van der Waals surface area contributed by atoms with Crippen LogP contribution in [0.3, 0.4) is 0 Å². The van der Waals surface area contributed by atoms with Crippen LogP contribution in [0.2, 0.25) is 0 Å². The van der Waals surface area contributed by atoms with Gasteiger partial charge in [-0.05, 0) is 45.2 Å². The standard InChI is InChI=1S/C34H49N3O11/c1-34(2,3)33(46)47-20-22-11-10-21(17-24(22)48-25-18-23(32(44)45)29(41)31(43)30(25)42)9-7-14-35(15-8-16-37(4,5)6)28(40)19-36-26(38)12-13-27(36)39/h10-13,17,23,25,29-31,41-43H,7-9,14-16,18-20H2,1-6H3/p+1/t23-,25+,29+,30-,31-/m0/s1. The first-order valence-electron chi connectivity index (χ1n) is 16.1. The highest BCUT2D eigenvalue weighted by Gasteiger charge is 2.47. The van der Waals surface area contributed by atoms with E-state index in [1.165, 1.54) is 0 Å². The molecular weight excluding hydrogens is 626 g/mol. The number of ether oxygens (including phenoxy) is 2. The molecule has 3 rings (SSSR count). The van der Waals surface area contributed by atoms with Gasteiger partial charge < -0.3 is 39.3 Å². The van der Waals surface area contributed by atoms with E-state index in [1.807, 2.05) is 21.1 Å². The van der Waals surface area contributed by atoms with Gasteiger partial charge in [0.2, 0.25) is 5.91 Å². The smallest absolute Gasteiger partial charge is 0.311 e. The molecule has 4 N–H and O–H groups in total. The lowest BCUT2D eigenvalue weighted by molar-refractivity contribution is -0.870. The summed E-state index contributed by atoms with van der Waals surface area (Å²) in [7, 11) is 6.14. The molecule has 1 heterocycles. The molecule has 1 aromatic carbocycles. The first-order chi connectivity index (χ1) is 22.3. The second-order valence-corrected chi connectivity index (χ2v) is 14.5. The Balaban J connectivity index is 1.78. The van der Waals surface area contributed by atoms with E-state index in [0.29, 0.717) is 42.4 Å². The molecule has 0 bridgehead atoms. The number of aliphatic carboxylic acids is 1. The Hall–Kier alpha value is -3.85. The van der Waals surface area contributed by atoms with Crippen LogP contribution in [0.5, 0.6) is 5.75 Å². The van der Waals surface area contributed by atoms with Gasteiger partial charge in [-0.2, -0.15) is 0 Å². The van der Waals surface area contributed by atoms with Crippen molar-refractivity contribution in [2.75, 3.05) is 47.3 Å². The SMILES string of the molecule is CC(C)(C)C(=O)OCc1ccc(CCCN(CCC[N+](C)(C)C)C(=O)CN2C(=O)C=CC2=O)cc1O[C@@H]1C[C@H](C(=O)O)[C@@H](O)[C@H](O)[C@H]1O. The third-order valence-electron chi connectivity index (χ3n) is 8.37. The van der Waals surface area contributed by atoms with Crippen molar-refractivity contribution in [2.45, 2.75) is 77.5 Å². The number of aliphatic hydroxyl groups excluding tert-OH is 3. The number of carbonyl (C=O) groups excluding carboxylic acids is 4. The summed E-state index contributed by atoms with van der Waals surface area (Å²) < 4.78 is 12.3. The van der Waals surface area contributed by atoms with Crippen molar-refractivity contribution < 1.29 is 58.4 Å². The number of carboxylic acids is 1. The molecule has 1 saturated carbocycles. The number of aliphatic hydroxyl groups is 3. The molecule has 1 fully saturated rings. The van der Waals surface area contributed by atoms with Crippen LogP contribution in [0.1, 0.15) is 51.2 Å². The van der Waals surface area contributed by atoms with E-state index in [4.69, 9.17) is 9.47 Å². The number of imide groups is 1. The van der Waals surface area contributed by atoms with Crippen molar-refractivity contribution in [3.8, 4) is 5.75 Å². The second kappa shape index (κ2) is 16.0. The average molecular weight is 677 g/mol. The van der Waals surface area contributed by atoms with Crippen LogP contribution < -0.4 is 4.74 Å². The number of carbonyl (C=O) groups is 5. The number of esters is 1. The van der Waals surface area contributed by atoms with E-state index < -0.39 is 59.5 Å². The molecule has 0 saturated heterocycles. The highest BCUT2D eigenvalue weighted by atomic mass is 16.5. The van der Waals surface area contributed by atoms with Crippen molar-refractivity contribution in [3.63, 3.8) is 0 Å². The van der Waals surface area contributed by atoms with Gasteiger partial charge >= 0.3 is 11.9 Å². The lowest BCUT2D eigenvalue weighted by Crippen LogP contribution is -2.57. The molecular formula is C34H50N3O11+. The van der Waals surface area contributed by atoms with Crippen LogP contribution in [-0.2, 0) is 41.7 Å². The fourth-order valence-corrected chi connectivity index (χ4v) is 5.45. The molecule has 14 heteroatoms. The van der Waals surface area contributed by atoms with E-state index in [1.54, 1.807) is 43.9 Å². The number of hydrogen-bond acceptors (Lipinski definition) is 10. The van der Waals surface area contributed by atoms with E-state index >= 15 is 0 Å². The zero-order valence-corrected chi connectivity index (χ0v) is 28.6. The lowest BCUT2D eigenvalue weighted by Gasteiger charge is -2.38. The Morgan fingerprint density at radius 3 is 2.17 bits per heavy atom. The fraction of sp³-hybridized carbons (Fsp3) is 0.618. The van der Waals surface area contributed by atoms with Gasteiger partial charge in [0.05, 0.1) is 45.1 Å². The molecule has 0 radical (unpaired) electrons. The summed E-state index contributed by atoms with van der Waals surface area (Å²) in [5.41, 5.74) is 0.447. The number of carboxylic acid groups (broad SMARTS) is 1. The molecule has 2 aliphatic rings. The van der Waals surface area contributed by atoms with Crippen LogP contribution in [0.15, 0.2) is 30.4 Å². The van der Waals surface area contributed by atoms with Crippen LogP contribution in [0.25, 0.3) is 0 Å². The third-order valence-corrected chi connectivity index (χ3v) is 8.37. The first kappa shape index (κ1) is 38.6. The Labute approximate surface area is 281 Å². The van der Waals surface area contributed by atoms with Crippen molar-refractivity contribution in [2.24, 2.45) is 11.3 Å². The molecule has 0 aromatic heterocycles. The second-order valence-electron chi connectivity index (χ2n) is 14.5. The van der Waals surface area contributed by atoms with Gasteiger partial charge in [0.15, 0.2) is 0 Å². The summed E-state index contributed by atoms with van der Waals surface area (Å²) in [4.78, 5) is 64.1. The average Bonchev–Trinajstić information content (AvgIpc) is 3.30. The summed E-state index contributed by atoms with van der Waals surface area (Å²) in [6.07, 6.45) is -2.52. The van der Waals surface area contributed by atoms with E-state index in [-0.39, 0.29) is 31.2 Å². The number of benzene rings is 1. The minimum Gasteiger partial charge on any atom is -0.487 e. The van der Waals surface area contributed by atoms with Gasteiger partial charge in [0.25, 0.3) is 11.8 Å². The Bertz CT molecular complexity index is 1360. The molecule has 0 unspecified atom stereocenters. The van der Waals surface area contributed by atoms with Crippen molar-refractivity contribution in [3.05, 3.63) is 41.5 Å². The largest absolute Gasteiger partial charge is 0.487 e. The molecule has 1 aromatic rings. The molecule has 48 heavy (non-hydrogen) atoms. The number of rotatable bonds is 15. The van der Waals surface area contributed by atoms with Gasteiger partial charge in [0, 0.05) is 43.6 Å². The minimum atomic E-state index is -1.75. The lowest BCUT2D eigenvalue weighted by atomic mass is 9.80. The summed E-state index contributed by atoms with van der Waals surface area (Å²) >= 11 is 0. The zero-order valence-electron chi connectivity index (χ0n) is 28.6. The summed E-state index contributed by atoms with van der Waals surface area (Å²) in [5, 5.41) is 40.8. The summed E-state index contributed by atoms with van der Waals surface area (Å²) in [5.74, 6) is -4.36. The van der Waals surface area contributed by atoms with Gasteiger partial charge in [-0.3, -0.25) is 28.9 Å². The van der Waals surface area contributed by atoms with E-state index in [0.717, 1.165) is 29.2 Å². The normalized spacial score (nSPS) is 22.9. The van der Waals surface area contributed by atoms with Gasteiger partial charge in [-0.25, -0.2) is 0 Å². The Morgan fingerprint density at radius 2 is 1.58 bits per heavy atom. The quantitative estimate of drug-likeness (QED) is 0.115. The molecule has 1 aliphatic carbocycles. The highest BCUT2D eigenvalue weighted by molar-refractivity contribution is 6.14. The van der Waals surface area contributed by atoms with Gasteiger partial charge in [-0.15, -0.1) is 0 Å². The third kappa shape index (κ3) is 10.6. The predicted octanol–water partition coefficient (Wildman–Crippen LogP) is 0.493. The Kier molecular flexibility index (Phi) is 12.9. The fourth-order valence-electron chi connectivity index (χ4n) is 5.45. The molecule has 1 aliphatic heterocycles. The van der Waals surface area contributed by atoms with Crippen LogP contribution >= 0.6 is 0 Å². The predicted molar refractivity (Wildman–Crippen MR) is 172 cm³/mol. The topological polar surface area (TPSA) is 191 Å². The van der Waals surface area contributed by atoms with Crippen LogP contribution in [-0.4, -0.2) is 136 Å². The maximum atomic E-state index is 13.2. The molecule has 266 valence electrons. The number of amides is 3.